The Morgan fingerprint density at radius 2 is 2.22 bits per heavy atom. The maximum atomic E-state index is 5.37. The molecule has 3 aromatic heterocycles. The highest BCUT2D eigenvalue weighted by molar-refractivity contribution is 7.19. The first kappa shape index (κ1) is 11.4. The van der Waals surface area contributed by atoms with E-state index in [-0.39, 0.29) is 0 Å². The van der Waals surface area contributed by atoms with Crippen LogP contribution in [0.1, 0.15) is 5.69 Å². The van der Waals surface area contributed by atoms with Crippen LogP contribution in [0.4, 0.5) is 5.13 Å². The van der Waals surface area contributed by atoms with Gasteiger partial charge in [-0.1, -0.05) is 0 Å². The predicted octanol–water partition coefficient (Wildman–Crippen LogP) is 3.88. The Balaban J connectivity index is 2.03. The lowest BCUT2D eigenvalue weighted by Gasteiger charge is -1.91. The maximum absolute atomic E-state index is 5.37. The maximum Gasteiger partial charge on any atom is 0.182 e. The number of hydrogen-bond acceptors (Lipinski definition) is 6. The summed E-state index contributed by atoms with van der Waals surface area (Å²) in [7, 11) is 1.87. The molecular formula is C12H11N3OS2. The molecule has 0 atom stereocenters. The van der Waals surface area contributed by atoms with Crippen molar-refractivity contribution < 1.29 is 4.42 Å². The minimum atomic E-state index is 0.804. The van der Waals surface area contributed by atoms with Gasteiger partial charge >= 0.3 is 0 Å². The Morgan fingerprint density at radius 3 is 2.89 bits per heavy atom. The fraction of sp³-hybridized carbons (Fsp3) is 0.167. The van der Waals surface area contributed by atoms with Crippen LogP contribution in [-0.4, -0.2) is 17.0 Å². The summed E-state index contributed by atoms with van der Waals surface area (Å²) in [6.45, 7) is 2.00. The van der Waals surface area contributed by atoms with E-state index in [1.807, 2.05) is 31.5 Å². The summed E-state index contributed by atoms with van der Waals surface area (Å²) < 4.78 is 5.37. The third-order valence-electron chi connectivity index (χ3n) is 2.48. The summed E-state index contributed by atoms with van der Waals surface area (Å²) in [6, 6.07) is 3.79. The molecule has 92 valence electrons. The van der Waals surface area contributed by atoms with Crippen molar-refractivity contribution >= 4 is 27.8 Å². The smallest absolute Gasteiger partial charge is 0.182 e. The average Bonchev–Trinajstić information content (AvgIpc) is 3.08. The zero-order valence-corrected chi connectivity index (χ0v) is 11.6. The molecule has 0 radical (unpaired) electrons. The van der Waals surface area contributed by atoms with Crippen molar-refractivity contribution in [1.82, 2.24) is 9.97 Å². The molecule has 0 saturated carbocycles. The number of aromatic nitrogens is 2. The standard InChI is InChI=1S/C12H11N3OS2/c1-7-10(8-6-17-12(13-2)15-8)18-11(14-7)9-4-3-5-16-9/h3-6H,1-2H3,(H,13,15). The van der Waals surface area contributed by atoms with E-state index in [4.69, 9.17) is 4.42 Å². The van der Waals surface area contributed by atoms with Crippen molar-refractivity contribution in [3.63, 3.8) is 0 Å². The molecule has 3 heterocycles. The molecule has 18 heavy (non-hydrogen) atoms. The van der Waals surface area contributed by atoms with Gasteiger partial charge in [0.2, 0.25) is 0 Å². The second-order valence-corrected chi connectivity index (χ2v) is 5.56. The van der Waals surface area contributed by atoms with Crippen molar-refractivity contribution in [2.45, 2.75) is 6.92 Å². The highest BCUT2D eigenvalue weighted by Gasteiger charge is 2.15. The van der Waals surface area contributed by atoms with Gasteiger partial charge in [0.15, 0.2) is 15.9 Å². The van der Waals surface area contributed by atoms with Gasteiger partial charge in [0.25, 0.3) is 0 Å². The molecule has 3 aromatic rings. The molecule has 4 nitrogen and oxygen atoms in total. The molecule has 0 amide bonds. The minimum Gasteiger partial charge on any atom is -0.462 e. The number of thiazole rings is 2. The third kappa shape index (κ3) is 1.93. The lowest BCUT2D eigenvalue weighted by atomic mass is 10.3. The number of nitrogens with zero attached hydrogens (tertiary/aromatic N) is 2. The van der Waals surface area contributed by atoms with Crippen LogP contribution in [0.15, 0.2) is 28.2 Å². The van der Waals surface area contributed by atoms with Crippen molar-refractivity contribution in [2.75, 3.05) is 12.4 Å². The lowest BCUT2D eigenvalue weighted by Crippen LogP contribution is -1.85. The highest BCUT2D eigenvalue weighted by Crippen LogP contribution is 2.36. The molecule has 0 aliphatic carbocycles. The van der Waals surface area contributed by atoms with Crippen LogP contribution in [0, 0.1) is 6.92 Å². The largest absolute Gasteiger partial charge is 0.462 e. The fourth-order valence-corrected chi connectivity index (χ4v) is 3.37. The summed E-state index contributed by atoms with van der Waals surface area (Å²) in [4.78, 5) is 10.1. The van der Waals surface area contributed by atoms with Crippen LogP contribution in [-0.2, 0) is 0 Å². The van der Waals surface area contributed by atoms with Gasteiger partial charge in [0.05, 0.1) is 22.5 Å². The van der Waals surface area contributed by atoms with Crippen LogP contribution < -0.4 is 5.32 Å². The van der Waals surface area contributed by atoms with E-state index >= 15 is 0 Å². The topological polar surface area (TPSA) is 51.0 Å². The SMILES string of the molecule is CNc1nc(-c2sc(-c3ccco3)nc2C)cs1. The predicted molar refractivity (Wildman–Crippen MR) is 75.2 cm³/mol. The van der Waals surface area contributed by atoms with Crippen LogP contribution in [0.2, 0.25) is 0 Å². The Kier molecular flexibility index (Phi) is 2.89. The van der Waals surface area contributed by atoms with E-state index in [2.05, 4.69) is 15.3 Å². The first-order chi connectivity index (χ1) is 8.78. The molecule has 0 saturated heterocycles. The van der Waals surface area contributed by atoms with E-state index in [9.17, 15) is 0 Å². The molecule has 0 spiro atoms. The number of hydrogen-bond donors (Lipinski definition) is 1. The van der Waals surface area contributed by atoms with Gasteiger partial charge in [-0.25, -0.2) is 9.97 Å². The van der Waals surface area contributed by atoms with Crippen molar-refractivity contribution in [1.29, 1.82) is 0 Å². The van der Waals surface area contributed by atoms with E-state index in [0.717, 1.165) is 32.2 Å². The van der Waals surface area contributed by atoms with Crippen LogP contribution in [0.25, 0.3) is 21.3 Å². The van der Waals surface area contributed by atoms with Gasteiger partial charge in [0.1, 0.15) is 0 Å². The second kappa shape index (κ2) is 4.55. The van der Waals surface area contributed by atoms with Crippen LogP contribution >= 0.6 is 22.7 Å². The molecular weight excluding hydrogens is 266 g/mol. The normalized spacial score (nSPS) is 10.8. The lowest BCUT2D eigenvalue weighted by molar-refractivity contribution is 0.581. The molecule has 1 N–H and O–H groups in total. The molecule has 3 rings (SSSR count). The molecule has 6 heteroatoms. The van der Waals surface area contributed by atoms with Gasteiger partial charge in [-0.15, -0.1) is 22.7 Å². The zero-order chi connectivity index (χ0) is 12.5. The third-order valence-corrected chi connectivity index (χ3v) is 4.53. The van der Waals surface area contributed by atoms with E-state index < -0.39 is 0 Å². The molecule has 0 unspecified atom stereocenters. The van der Waals surface area contributed by atoms with Gasteiger partial charge in [-0.05, 0) is 19.1 Å². The Labute approximate surface area is 112 Å². The first-order valence-corrected chi connectivity index (χ1v) is 7.12. The molecule has 0 aliphatic heterocycles. The summed E-state index contributed by atoms with van der Waals surface area (Å²) in [5.41, 5.74) is 1.96. The number of rotatable bonds is 3. The number of anilines is 1. The van der Waals surface area contributed by atoms with Crippen molar-refractivity contribution in [3.8, 4) is 21.3 Å². The van der Waals surface area contributed by atoms with Gasteiger partial charge in [0, 0.05) is 12.4 Å². The van der Waals surface area contributed by atoms with E-state index in [1.54, 1.807) is 28.9 Å². The molecule has 0 aromatic carbocycles. The fourth-order valence-electron chi connectivity index (χ4n) is 1.63. The number of nitrogens with one attached hydrogen (secondary N) is 1. The van der Waals surface area contributed by atoms with E-state index in [0.29, 0.717) is 0 Å². The monoisotopic (exact) mass is 277 g/mol. The van der Waals surface area contributed by atoms with Gasteiger partial charge in [-0.3, -0.25) is 0 Å². The van der Waals surface area contributed by atoms with Gasteiger partial charge in [-0.2, -0.15) is 0 Å². The summed E-state index contributed by atoms with van der Waals surface area (Å²) in [6.07, 6.45) is 1.66. The zero-order valence-electron chi connectivity index (χ0n) is 9.93. The number of aryl methyl sites for hydroxylation is 1. The minimum absolute atomic E-state index is 0.804. The van der Waals surface area contributed by atoms with Crippen molar-refractivity contribution in [3.05, 3.63) is 29.5 Å². The Hall–Kier alpha value is -1.66. The molecule has 0 bridgehead atoms. The molecule has 0 fully saturated rings. The van der Waals surface area contributed by atoms with Gasteiger partial charge < -0.3 is 9.73 Å². The Morgan fingerprint density at radius 1 is 1.33 bits per heavy atom. The van der Waals surface area contributed by atoms with Crippen molar-refractivity contribution in [2.24, 2.45) is 0 Å². The average molecular weight is 277 g/mol. The highest BCUT2D eigenvalue weighted by atomic mass is 32.1. The molecule has 0 aliphatic rings. The van der Waals surface area contributed by atoms with E-state index in [1.165, 1.54) is 0 Å². The summed E-state index contributed by atoms with van der Waals surface area (Å²) in [5, 5.41) is 6.89. The Bertz CT molecular complexity index is 655. The summed E-state index contributed by atoms with van der Waals surface area (Å²) >= 11 is 3.20. The first-order valence-electron chi connectivity index (χ1n) is 5.43. The second-order valence-electron chi connectivity index (χ2n) is 3.70. The quantitative estimate of drug-likeness (QED) is 0.789. The number of furan rings is 1. The van der Waals surface area contributed by atoms with Crippen LogP contribution in [0.3, 0.4) is 0 Å². The summed E-state index contributed by atoms with van der Waals surface area (Å²) in [5.74, 6) is 0.804. The van der Waals surface area contributed by atoms with Crippen LogP contribution in [0.5, 0.6) is 0 Å².